The first kappa shape index (κ1) is 18.6. The summed E-state index contributed by atoms with van der Waals surface area (Å²) in [7, 11) is 1.37. The highest BCUT2D eigenvalue weighted by Gasteiger charge is 2.52. The second-order valence-electron chi connectivity index (χ2n) is 8.69. The Morgan fingerprint density at radius 2 is 2.03 bits per heavy atom. The lowest BCUT2D eigenvalue weighted by Crippen LogP contribution is -2.57. The number of carboxylic acids is 1. The van der Waals surface area contributed by atoms with Gasteiger partial charge in [-0.1, -0.05) is 18.2 Å². The molecule has 1 aliphatic carbocycles. The van der Waals surface area contributed by atoms with Gasteiger partial charge in [-0.05, 0) is 42.7 Å². The zero-order valence-electron chi connectivity index (χ0n) is 16.4. The van der Waals surface area contributed by atoms with Gasteiger partial charge in [0.1, 0.15) is 6.04 Å². The smallest absolute Gasteiger partial charge is 0.321 e. The molecule has 3 aliphatic rings. The van der Waals surface area contributed by atoms with Crippen molar-refractivity contribution in [1.29, 1.82) is 0 Å². The molecule has 0 radical (unpaired) electrons. The van der Waals surface area contributed by atoms with Crippen LogP contribution in [0.2, 0.25) is 0 Å². The van der Waals surface area contributed by atoms with Crippen LogP contribution in [0.4, 0.5) is 0 Å². The highest BCUT2D eigenvalue weighted by molar-refractivity contribution is 5.87. The van der Waals surface area contributed by atoms with E-state index in [0.29, 0.717) is 25.8 Å². The summed E-state index contributed by atoms with van der Waals surface area (Å²) < 4.78 is 5.01. The van der Waals surface area contributed by atoms with Gasteiger partial charge in [0.2, 0.25) is 0 Å². The van der Waals surface area contributed by atoms with Gasteiger partial charge in [0.05, 0.1) is 25.2 Å². The first-order valence-corrected chi connectivity index (χ1v) is 10.3. The standard InChI is InChI=1S/C22H26N2O5/c1-29-22(28)19-13-8-16-20-14(12-4-2-3-5-15(12)23-20)9-17(21(26)27)24(16)10-11(13)6-7-18(19)25/h2-5,11,13,16-19,23,25H,6-10H2,1H3,(H,26,27)/t11-,13-,16-,17-,18-,19-/m0/s1. The van der Waals surface area contributed by atoms with E-state index in [1.165, 1.54) is 7.11 Å². The number of rotatable bonds is 2. The number of nitrogens with zero attached hydrogens (tertiary/aromatic N) is 1. The molecule has 6 atom stereocenters. The zero-order chi connectivity index (χ0) is 20.3. The number of para-hydroxylation sites is 1. The lowest BCUT2D eigenvalue weighted by Gasteiger charge is -2.52. The molecular formula is C22H26N2O5. The first-order chi connectivity index (χ1) is 14.0. The number of aliphatic hydroxyl groups is 1. The Kier molecular flexibility index (Phi) is 4.40. The molecule has 2 fully saturated rings. The minimum absolute atomic E-state index is 0.0146. The molecule has 2 aliphatic heterocycles. The molecule has 0 amide bonds. The summed E-state index contributed by atoms with van der Waals surface area (Å²) in [6, 6.07) is 7.31. The molecule has 0 unspecified atom stereocenters. The Hall–Kier alpha value is -2.38. The minimum Gasteiger partial charge on any atom is -0.480 e. The SMILES string of the molecule is COC(=O)[C@H]1[C@H]2C[C@H]3c4[nH]c5ccccc5c4C[C@@H](C(=O)O)N3C[C@@H]2CC[C@@H]1O. The third-order valence-electron chi connectivity index (χ3n) is 7.39. The van der Waals surface area contributed by atoms with E-state index in [4.69, 9.17) is 4.74 Å². The van der Waals surface area contributed by atoms with Gasteiger partial charge in [-0.25, -0.2) is 0 Å². The van der Waals surface area contributed by atoms with Crippen molar-refractivity contribution in [1.82, 2.24) is 9.88 Å². The highest BCUT2D eigenvalue weighted by Crippen LogP contribution is 2.50. The van der Waals surface area contributed by atoms with Gasteiger partial charge >= 0.3 is 11.9 Å². The quantitative estimate of drug-likeness (QED) is 0.670. The molecule has 0 spiro atoms. The fraction of sp³-hybridized carbons (Fsp3) is 0.545. The number of carboxylic acid groups (broad SMARTS) is 1. The second kappa shape index (κ2) is 6.85. The third kappa shape index (κ3) is 2.79. The summed E-state index contributed by atoms with van der Waals surface area (Å²) in [6.45, 7) is 0.626. The van der Waals surface area contributed by atoms with Crippen LogP contribution in [0.3, 0.4) is 0 Å². The van der Waals surface area contributed by atoms with Crippen molar-refractivity contribution in [2.24, 2.45) is 17.8 Å². The van der Waals surface area contributed by atoms with Crippen molar-refractivity contribution in [3.63, 3.8) is 0 Å². The fourth-order valence-electron chi connectivity index (χ4n) is 6.08. The zero-order valence-corrected chi connectivity index (χ0v) is 16.4. The van der Waals surface area contributed by atoms with E-state index < -0.39 is 24.0 Å². The maximum Gasteiger partial charge on any atom is 0.321 e. The molecule has 154 valence electrons. The molecule has 2 aromatic rings. The number of H-pyrrole nitrogens is 1. The summed E-state index contributed by atoms with van der Waals surface area (Å²) in [5.74, 6) is -1.53. The summed E-state index contributed by atoms with van der Waals surface area (Å²) >= 11 is 0. The number of carbonyl (C=O) groups excluding carboxylic acids is 1. The van der Waals surface area contributed by atoms with E-state index in [9.17, 15) is 19.8 Å². The number of hydrogen-bond acceptors (Lipinski definition) is 5. The summed E-state index contributed by atoms with van der Waals surface area (Å²) in [6.07, 6.45) is 1.77. The molecule has 3 N–H and O–H groups in total. The van der Waals surface area contributed by atoms with Crippen molar-refractivity contribution in [3.8, 4) is 0 Å². The number of fused-ring (bicyclic) bond motifs is 6. The van der Waals surface area contributed by atoms with Gasteiger partial charge in [-0.2, -0.15) is 0 Å². The fourth-order valence-corrected chi connectivity index (χ4v) is 6.08. The van der Waals surface area contributed by atoms with Crippen LogP contribution in [0, 0.1) is 17.8 Å². The predicted molar refractivity (Wildman–Crippen MR) is 105 cm³/mol. The number of aromatic nitrogens is 1. The van der Waals surface area contributed by atoms with Crippen LogP contribution >= 0.6 is 0 Å². The summed E-state index contributed by atoms with van der Waals surface area (Å²) in [5.41, 5.74) is 3.14. The number of ether oxygens (including phenoxy) is 1. The Bertz CT molecular complexity index is 969. The van der Waals surface area contributed by atoms with Gasteiger partial charge in [0.25, 0.3) is 0 Å². The number of esters is 1. The van der Waals surface area contributed by atoms with Crippen LogP contribution in [0.1, 0.15) is 36.6 Å². The van der Waals surface area contributed by atoms with Crippen molar-refractivity contribution in [2.45, 2.75) is 43.9 Å². The first-order valence-electron chi connectivity index (χ1n) is 10.3. The third-order valence-corrected chi connectivity index (χ3v) is 7.39. The van der Waals surface area contributed by atoms with Gasteiger partial charge in [0, 0.05) is 29.6 Å². The average Bonchev–Trinajstić information content (AvgIpc) is 3.10. The highest BCUT2D eigenvalue weighted by atomic mass is 16.5. The molecule has 7 nitrogen and oxygen atoms in total. The topological polar surface area (TPSA) is 103 Å². The number of piperidine rings is 1. The van der Waals surface area contributed by atoms with Gasteiger partial charge in [0.15, 0.2) is 0 Å². The van der Waals surface area contributed by atoms with Crippen LogP contribution < -0.4 is 0 Å². The normalized spacial score (nSPS) is 34.1. The van der Waals surface area contributed by atoms with E-state index in [1.807, 2.05) is 24.3 Å². The maximum atomic E-state index is 12.5. The molecular weight excluding hydrogens is 372 g/mol. The van der Waals surface area contributed by atoms with Gasteiger partial charge in [-0.3, -0.25) is 14.5 Å². The molecule has 0 bridgehead atoms. The number of aliphatic carboxylic acids is 1. The van der Waals surface area contributed by atoms with Crippen molar-refractivity contribution in [2.75, 3.05) is 13.7 Å². The van der Waals surface area contributed by atoms with E-state index in [2.05, 4.69) is 9.88 Å². The van der Waals surface area contributed by atoms with Crippen molar-refractivity contribution < 1.29 is 24.5 Å². The van der Waals surface area contributed by atoms with Gasteiger partial charge < -0.3 is 19.9 Å². The van der Waals surface area contributed by atoms with Crippen LogP contribution in [0.25, 0.3) is 10.9 Å². The average molecular weight is 398 g/mol. The molecule has 29 heavy (non-hydrogen) atoms. The number of aromatic amines is 1. The van der Waals surface area contributed by atoms with Crippen molar-refractivity contribution >= 4 is 22.8 Å². The lowest BCUT2D eigenvalue weighted by molar-refractivity contribution is -0.164. The predicted octanol–water partition coefficient (Wildman–Crippen LogP) is 2.10. The summed E-state index contributed by atoms with van der Waals surface area (Å²) in [5, 5.41) is 21.6. The number of carbonyl (C=O) groups is 2. The largest absolute Gasteiger partial charge is 0.480 e. The monoisotopic (exact) mass is 398 g/mol. The van der Waals surface area contributed by atoms with E-state index in [1.54, 1.807) is 0 Å². The Morgan fingerprint density at radius 1 is 1.24 bits per heavy atom. The number of aliphatic hydroxyl groups excluding tert-OH is 1. The van der Waals surface area contributed by atoms with E-state index in [-0.39, 0.29) is 23.8 Å². The number of hydrogen-bond donors (Lipinski definition) is 3. The van der Waals surface area contributed by atoms with E-state index >= 15 is 0 Å². The summed E-state index contributed by atoms with van der Waals surface area (Å²) in [4.78, 5) is 30.2. The van der Waals surface area contributed by atoms with Crippen LogP contribution in [-0.4, -0.2) is 57.8 Å². The van der Waals surface area contributed by atoms with Gasteiger partial charge in [-0.15, -0.1) is 0 Å². The Morgan fingerprint density at radius 3 is 2.79 bits per heavy atom. The van der Waals surface area contributed by atoms with Crippen LogP contribution in [0.5, 0.6) is 0 Å². The Balaban J connectivity index is 1.59. The molecule has 1 aromatic heterocycles. The second-order valence-corrected chi connectivity index (χ2v) is 8.69. The van der Waals surface area contributed by atoms with Crippen molar-refractivity contribution in [3.05, 3.63) is 35.5 Å². The lowest BCUT2D eigenvalue weighted by atomic mass is 9.64. The number of methoxy groups -OCH3 is 1. The van der Waals surface area contributed by atoms with E-state index in [0.717, 1.165) is 28.6 Å². The number of nitrogens with one attached hydrogen (secondary N) is 1. The number of benzene rings is 1. The molecule has 1 aromatic carbocycles. The van der Waals surface area contributed by atoms with Crippen LogP contribution in [-0.2, 0) is 20.7 Å². The molecule has 1 saturated heterocycles. The molecule has 7 heteroatoms. The van der Waals surface area contributed by atoms with Crippen LogP contribution in [0.15, 0.2) is 24.3 Å². The Labute approximate surface area is 168 Å². The minimum atomic E-state index is -0.801. The molecule has 1 saturated carbocycles. The maximum absolute atomic E-state index is 12.5. The molecule has 3 heterocycles. The molecule has 5 rings (SSSR count).